The van der Waals surface area contributed by atoms with E-state index in [2.05, 4.69) is 35.0 Å². The third-order valence-corrected chi connectivity index (χ3v) is 5.81. The van der Waals surface area contributed by atoms with Crippen molar-refractivity contribution < 1.29 is 4.79 Å². The van der Waals surface area contributed by atoms with E-state index < -0.39 is 0 Å². The van der Waals surface area contributed by atoms with E-state index in [4.69, 9.17) is 0 Å². The van der Waals surface area contributed by atoms with Crippen LogP contribution in [-0.2, 0) is 6.42 Å². The molecule has 2 aliphatic heterocycles. The van der Waals surface area contributed by atoms with Crippen LogP contribution in [-0.4, -0.2) is 61.0 Å². The van der Waals surface area contributed by atoms with Crippen molar-refractivity contribution >= 4 is 17.2 Å². The summed E-state index contributed by atoms with van der Waals surface area (Å²) in [5, 5.41) is 3.39. The highest BCUT2D eigenvalue weighted by Crippen LogP contribution is 2.25. The smallest absolute Gasteiger partial charge is 0.263 e. The number of rotatable bonds is 3. The highest BCUT2D eigenvalue weighted by Gasteiger charge is 2.31. The molecule has 1 amide bonds. The Morgan fingerprint density at radius 3 is 2.81 bits per heavy atom. The van der Waals surface area contributed by atoms with Gasteiger partial charge in [0, 0.05) is 50.2 Å². The van der Waals surface area contributed by atoms with E-state index in [1.165, 1.54) is 10.4 Å². The minimum absolute atomic E-state index is 0.237. The Morgan fingerprint density at radius 1 is 1.38 bits per heavy atom. The molecule has 1 aromatic rings. The van der Waals surface area contributed by atoms with Crippen LogP contribution in [0.5, 0.6) is 0 Å². The van der Waals surface area contributed by atoms with Gasteiger partial charge in [-0.15, -0.1) is 11.3 Å². The minimum atomic E-state index is 0.237. The van der Waals surface area contributed by atoms with Gasteiger partial charge in [0.1, 0.15) is 0 Å². The number of likely N-dealkylation sites (tertiary alicyclic amines) is 1. The predicted molar refractivity (Wildman–Crippen MR) is 87.2 cm³/mol. The summed E-state index contributed by atoms with van der Waals surface area (Å²) in [6.07, 6.45) is 2.13. The van der Waals surface area contributed by atoms with Crippen molar-refractivity contribution in [1.82, 2.24) is 15.1 Å². The second-order valence-electron chi connectivity index (χ2n) is 6.03. The van der Waals surface area contributed by atoms with Crippen molar-refractivity contribution in [3.8, 4) is 0 Å². The molecule has 0 saturated carbocycles. The lowest BCUT2D eigenvalue weighted by atomic mass is 10.2. The average Bonchev–Trinajstić information content (AvgIpc) is 3.14. The molecule has 0 aliphatic carbocycles. The van der Waals surface area contributed by atoms with Gasteiger partial charge in [-0.2, -0.15) is 0 Å². The number of thiophene rings is 1. The topological polar surface area (TPSA) is 35.6 Å². The summed E-state index contributed by atoms with van der Waals surface area (Å²) in [6.45, 7) is 10.5. The number of carbonyl (C=O) groups is 1. The number of carbonyl (C=O) groups excluding carboxylic acids is 1. The summed E-state index contributed by atoms with van der Waals surface area (Å²) in [5.74, 6) is 0.237. The third kappa shape index (κ3) is 3.15. The zero-order valence-electron chi connectivity index (χ0n) is 13.0. The highest BCUT2D eigenvalue weighted by atomic mass is 32.1. The molecule has 1 N–H and O–H groups in total. The van der Waals surface area contributed by atoms with E-state index in [0.29, 0.717) is 6.04 Å². The first-order valence-electron chi connectivity index (χ1n) is 8.02. The van der Waals surface area contributed by atoms with Crippen molar-refractivity contribution in [3.63, 3.8) is 0 Å². The molecule has 0 spiro atoms. The molecule has 0 bridgehead atoms. The Hall–Kier alpha value is -0.910. The molecule has 1 unspecified atom stereocenters. The van der Waals surface area contributed by atoms with E-state index in [9.17, 15) is 4.79 Å². The largest absolute Gasteiger partial charge is 0.336 e. The quantitative estimate of drug-likeness (QED) is 0.924. The lowest BCUT2D eigenvalue weighted by molar-refractivity contribution is 0.0778. The molecule has 116 valence electrons. The van der Waals surface area contributed by atoms with Crippen molar-refractivity contribution in [2.24, 2.45) is 0 Å². The number of amides is 1. The molecule has 3 heterocycles. The molecule has 3 rings (SSSR count). The summed E-state index contributed by atoms with van der Waals surface area (Å²) in [5.41, 5.74) is 1.32. The molecule has 21 heavy (non-hydrogen) atoms. The third-order valence-electron chi connectivity index (χ3n) is 4.73. The maximum absolute atomic E-state index is 12.7. The van der Waals surface area contributed by atoms with Gasteiger partial charge in [-0.1, -0.05) is 6.92 Å². The Morgan fingerprint density at radius 2 is 2.14 bits per heavy atom. The molecular weight excluding hydrogens is 282 g/mol. The summed E-state index contributed by atoms with van der Waals surface area (Å²) in [4.78, 5) is 19.5. The van der Waals surface area contributed by atoms with Crippen LogP contribution in [0.15, 0.2) is 6.07 Å². The van der Waals surface area contributed by atoms with Crippen molar-refractivity contribution in [2.75, 3.05) is 39.3 Å². The molecule has 4 nitrogen and oxygen atoms in total. The van der Waals surface area contributed by atoms with Crippen LogP contribution in [0, 0.1) is 6.92 Å². The van der Waals surface area contributed by atoms with Crippen LogP contribution in [0.25, 0.3) is 0 Å². The van der Waals surface area contributed by atoms with E-state index in [-0.39, 0.29) is 5.91 Å². The number of nitrogens with one attached hydrogen (secondary N) is 1. The van der Waals surface area contributed by atoms with E-state index >= 15 is 0 Å². The number of hydrogen-bond acceptors (Lipinski definition) is 4. The zero-order chi connectivity index (χ0) is 14.8. The summed E-state index contributed by atoms with van der Waals surface area (Å²) in [6, 6.07) is 2.66. The van der Waals surface area contributed by atoms with Gasteiger partial charge >= 0.3 is 0 Å². The second-order valence-corrected chi connectivity index (χ2v) is 7.28. The lowest BCUT2D eigenvalue weighted by Gasteiger charge is -2.32. The van der Waals surface area contributed by atoms with Gasteiger partial charge in [-0.3, -0.25) is 9.69 Å². The van der Waals surface area contributed by atoms with Crippen LogP contribution in [0.4, 0.5) is 0 Å². The number of piperazine rings is 1. The Labute approximate surface area is 131 Å². The van der Waals surface area contributed by atoms with Gasteiger partial charge in [0.05, 0.1) is 4.88 Å². The molecule has 2 aliphatic rings. The Balaban J connectivity index is 1.63. The summed E-state index contributed by atoms with van der Waals surface area (Å²) >= 11 is 1.66. The van der Waals surface area contributed by atoms with Gasteiger partial charge in [0.25, 0.3) is 5.91 Å². The summed E-state index contributed by atoms with van der Waals surface area (Å²) in [7, 11) is 0. The van der Waals surface area contributed by atoms with Crippen LogP contribution >= 0.6 is 11.3 Å². The monoisotopic (exact) mass is 307 g/mol. The molecular formula is C16H25N3OS. The molecule has 1 atom stereocenters. The fourth-order valence-electron chi connectivity index (χ4n) is 3.40. The molecule has 5 heteroatoms. The second kappa shape index (κ2) is 6.46. The van der Waals surface area contributed by atoms with Gasteiger partial charge in [-0.05, 0) is 31.4 Å². The maximum Gasteiger partial charge on any atom is 0.263 e. The average molecular weight is 307 g/mol. The van der Waals surface area contributed by atoms with E-state index in [0.717, 1.165) is 57.0 Å². The number of nitrogens with zero attached hydrogens (tertiary/aromatic N) is 2. The fourth-order valence-corrected chi connectivity index (χ4v) is 4.49. The van der Waals surface area contributed by atoms with Crippen LogP contribution < -0.4 is 5.32 Å². The first kappa shape index (κ1) is 15.0. The number of aryl methyl sites for hydroxylation is 2. The molecule has 2 fully saturated rings. The Kier molecular flexibility index (Phi) is 4.62. The molecule has 0 radical (unpaired) electrons. The molecule has 0 aromatic carbocycles. The zero-order valence-corrected chi connectivity index (χ0v) is 13.8. The van der Waals surface area contributed by atoms with Crippen molar-refractivity contribution in [3.05, 3.63) is 21.4 Å². The van der Waals surface area contributed by atoms with Crippen molar-refractivity contribution in [1.29, 1.82) is 0 Å². The highest BCUT2D eigenvalue weighted by molar-refractivity contribution is 7.14. The molecule has 2 saturated heterocycles. The van der Waals surface area contributed by atoms with E-state index in [1.54, 1.807) is 11.3 Å². The van der Waals surface area contributed by atoms with Crippen LogP contribution in [0.3, 0.4) is 0 Å². The van der Waals surface area contributed by atoms with Gasteiger partial charge in [0.15, 0.2) is 0 Å². The SMILES string of the molecule is CCc1cc(C(=O)N2CCC(N3CCNCC3)C2)sc1C. The van der Waals surface area contributed by atoms with Crippen LogP contribution in [0.1, 0.15) is 33.5 Å². The normalized spacial score (nSPS) is 23.7. The minimum Gasteiger partial charge on any atom is -0.336 e. The number of hydrogen-bond donors (Lipinski definition) is 1. The first-order chi connectivity index (χ1) is 10.2. The Bertz CT molecular complexity index is 508. The standard InChI is InChI=1S/C16H25N3OS/c1-3-13-10-15(21-12(13)2)16(20)19-7-4-14(11-19)18-8-5-17-6-9-18/h10,14,17H,3-9,11H2,1-2H3. The van der Waals surface area contributed by atoms with Gasteiger partial charge < -0.3 is 10.2 Å². The lowest BCUT2D eigenvalue weighted by Crippen LogP contribution is -2.49. The summed E-state index contributed by atoms with van der Waals surface area (Å²) < 4.78 is 0. The fraction of sp³-hybridized carbons (Fsp3) is 0.688. The van der Waals surface area contributed by atoms with E-state index in [1.807, 2.05) is 0 Å². The molecule has 1 aromatic heterocycles. The van der Waals surface area contributed by atoms with Gasteiger partial charge in [0.2, 0.25) is 0 Å². The first-order valence-corrected chi connectivity index (χ1v) is 8.84. The van der Waals surface area contributed by atoms with Crippen molar-refractivity contribution in [2.45, 2.75) is 32.7 Å². The van der Waals surface area contributed by atoms with Crippen LogP contribution in [0.2, 0.25) is 0 Å². The predicted octanol–water partition coefficient (Wildman–Crippen LogP) is 1.74. The van der Waals surface area contributed by atoms with Gasteiger partial charge in [-0.25, -0.2) is 0 Å². The maximum atomic E-state index is 12.7.